The van der Waals surface area contributed by atoms with Gasteiger partial charge in [0, 0.05) is 30.2 Å². The van der Waals surface area contributed by atoms with E-state index in [1.807, 2.05) is 80.2 Å². The summed E-state index contributed by atoms with van der Waals surface area (Å²) in [6.07, 6.45) is 3.12. The number of rotatable bonds is 3. The van der Waals surface area contributed by atoms with Gasteiger partial charge < -0.3 is 15.4 Å². The Kier molecular flexibility index (Phi) is 5.86. The fourth-order valence-electron chi connectivity index (χ4n) is 5.10. The molecule has 1 atom stereocenters. The number of anilines is 1. The summed E-state index contributed by atoms with van der Waals surface area (Å²) in [7, 11) is 0. The van der Waals surface area contributed by atoms with Gasteiger partial charge in [-0.15, -0.1) is 0 Å². The lowest BCUT2D eigenvalue weighted by Crippen LogP contribution is -2.43. The van der Waals surface area contributed by atoms with Crippen LogP contribution < -0.4 is 11.3 Å². The first-order valence-electron chi connectivity index (χ1n) is 13.0. The third kappa shape index (κ3) is 4.60. The number of piperidine rings is 1. The molecule has 0 aliphatic carbocycles. The molecular formula is C28H30N8O3. The average Bonchev–Trinajstić information content (AvgIpc) is 3.53. The van der Waals surface area contributed by atoms with Gasteiger partial charge >= 0.3 is 6.09 Å². The van der Waals surface area contributed by atoms with Crippen molar-refractivity contribution >= 4 is 33.7 Å². The quantitative estimate of drug-likeness (QED) is 0.358. The number of benzene rings is 2. The molecule has 0 saturated carbocycles. The fourth-order valence-corrected chi connectivity index (χ4v) is 5.10. The molecule has 11 heteroatoms. The first-order chi connectivity index (χ1) is 18.7. The number of fused-ring (bicyclic) bond motifs is 2. The van der Waals surface area contributed by atoms with E-state index in [0.717, 1.165) is 35.0 Å². The fraction of sp³-hybridized carbons (Fsp3) is 0.321. The van der Waals surface area contributed by atoms with Gasteiger partial charge in [0.05, 0.1) is 22.6 Å². The van der Waals surface area contributed by atoms with Crippen LogP contribution in [0.25, 0.3) is 38.8 Å². The molecule has 39 heavy (non-hydrogen) atoms. The maximum Gasteiger partial charge on any atom is 0.410 e. The van der Waals surface area contributed by atoms with E-state index in [9.17, 15) is 9.59 Å². The summed E-state index contributed by atoms with van der Waals surface area (Å²) in [5.74, 6) is 0.188. The van der Waals surface area contributed by atoms with Gasteiger partial charge in [-0.3, -0.25) is 9.48 Å². The van der Waals surface area contributed by atoms with Gasteiger partial charge in [0.15, 0.2) is 5.82 Å². The zero-order valence-corrected chi connectivity index (χ0v) is 22.1. The Labute approximate surface area is 224 Å². The van der Waals surface area contributed by atoms with Gasteiger partial charge in [-0.1, -0.05) is 30.3 Å². The van der Waals surface area contributed by atoms with Crippen molar-refractivity contribution in [2.45, 2.75) is 45.3 Å². The Morgan fingerprint density at radius 1 is 1.10 bits per heavy atom. The van der Waals surface area contributed by atoms with E-state index < -0.39 is 5.60 Å². The molecule has 0 bridgehead atoms. The van der Waals surface area contributed by atoms with E-state index in [-0.39, 0.29) is 23.5 Å². The van der Waals surface area contributed by atoms with Crippen molar-refractivity contribution in [1.29, 1.82) is 0 Å². The van der Waals surface area contributed by atoms with E-state index in [0.29, 0.717) is 29.7 Å². The van der Waals surface area contributed by atoms with Crippen LogP contribution in [0.5, 0.6) is 0 Å². The van der Waals surface area contributed by atoms with Crippen LogP contribution in [0.3, 0.4) is 0 Å². The molecule has 1 amide bonds. The first-order valence-corrected chi connectivity index (χ1v) is 13.0. The molecule has 2 aromatic carbocycles. The van der Waals surface area contributed by atoms with Crippen molar-refractivity contribution in [2.24, 2.45) is 0 Å². The van der Waals surface area contributed by atoms with Crippen LogP contribution in [0.2, 0.25) is 0 Å². The third-order valence-corrected chi connectivity index (χ3v) is 6.87. The van der Waals surface area contributed by atoms with E-state index >= 15 is 0 Å². The second-order valence-electron chi connectivity index (χ2n) is 10.9. The molecule has 0 radical (unpaired) electrons. The summed E-state index contributed by atoms with van der Waals surface area (Å²) in [4.78, 5) is 27.5. The minimum absolute atomic E-state index is 0.188. The Morgan fingerprint density at radius 3 is 2.62 bits per heavy atom. The SMILES string of the molecule is CC(C)(C)OC(=O)N1CCC[C@@H](n2nc(-c3ccc(-n4cc5ccccc5n4)cc3)c3c(N)n[nH]c(=O)c32)C1. The van der Waals surface area contributed by atoms with Gasteiger partial charge in [0.25, 0.3) is 5.56 Å². The van der Waals surface area contributed by atoms with Crippen LogP contribution in [0.1, 0.15) is 39.7 Å². The Hall–Kier alpha value is -4.67. The summed E-state index contributed by atoms with van der Waals surface area (Å²) in [5.41, 5.74) is 8.81. The number of amides is 1. The molecule has 3 N–H and O–H groups in total. The van der Waals surface area contributed by atoms with E-state index in [1.54, 1.807) is 9.58 Å². The molecular weight excluding hydrogens is 496 g/mol. The number of H-pyrrole nitrogens is 1. The van der Waals surface area contributed by atoms with Gasteiger partial charge in [0.2, 0.25) is 0 Å². The number of carbonyl (C=O) groups excluding carboxylic acids is 1. The van der Waals surface area contributed by atoms with E-state index in [1.165, 1.54) is 0 Å². The van der Waals surface area contributed by atoms with Gasteiger partial charge in [-0.25, -0.2) is 14.6 Å². The number of carbonyl (C=O) groups is 1. The maximum absolute atomic E-state index is 13.0. The molecule has 6 rings (SSSR count). The highest BCUT2D eigenvalue weighted by atomic mass is 16.6. The number of ether oxygens (including phenoxy) is 1. The summed E-state index contributed by atoms with van der Waals surface area (Å²) >= 11 is 0. The lowest BCUT2D eigenvalue weighted by Gasteiger charge is -2.34. The minimum Gasteiger partial charge on any atom is -0.444 e. The molecule has 5 aromatic rings. The zero-order chi connectivity index (χ0) is 27.3. The number of hydrogen-bond donors (Lipinski definition) is 2. The number of nitrogen functional groups attached to an aromatic ring is 1. The molecule has 0 spiro atoms. The Bertz CT molecular complexity index is 1710. The van der Waals surface area contributed by atoms with Crippen LogP contribution in [-0.2, 0) is 4.74 Å². The summed E-state index contributed by atoms with van der Waals surface area (Å²) < 4.78 is 9.12. The highest BCUT2D eigenvalue weighted by molar-refractivity contribution is 5.99. The third-order valence-electron chi connectivity index (χ3n) is 6.87. The topological polar surface area (TPSA) is 137 Å². The second kappa shape index (κ2) is 9.26. The average molecular weight is 527 g/mol. The molecule has 1 saturated heterocycles. The number of aromatic nitrogens is 6. The van der Waals surface area contributed by atoms with Crippen molar-refractivity contribution in [3.63, 3.8) is 0 Å². The maximum atomic E-state index is 13.0. The van der Waals surface area contributed by atoms with Gasteiger partial charge in [0.1, 0.15) is 16.8 Å². The molecule has 1 fully saturated rings. The number of nitrogens with two attached hydrogens (primary N) is 1. The van der Waals surface area contributed by atoms with E-state index in [2.05, 4.69) is 15.3 Å². The molecule has 1 aliphatic heterocycles. The molecule has 11 nitrogen and oxygen atoms in total. The van der Waals surface area contributed by atoms with Crippen LogP contribution >= 0.6 is 0 Å². The van der Waals surface area contributed by atoms with Gasteiger partial charge in [-0.05, 0) is 51.8 Å². The lowest BCUT2D eigenvalue weighted by molar-refractivity contribution is 0.0169. The number of likely N-dealkylation sites (tertiary alicyclic amines) is 1. The van der Waals surface area contributed by atoms with Crippen LogP contribution in [-0.4, -0.2) is 59.4 Å². The zero-order valence-electron chi connectivity index (χ0n) is 22.1. The smallest absolute Gasteiger partial charge is 0.410 e. The predicted octanol–water partition coefficient (Wildman–Crippen LogP) is 4.28. The number of aromatic amines is 1. The molecule has 4 heterocycles. The predicted molar refractivity (Wildman–Crippen MR) is 149 cm³/mol. The van der Waals surface area contributed by atoms with E-state index in [4.69, 9.17) is 15.6 Å². The number of nitrogens with one attached hydrogen (secondary N) is 1. The van der Waals surface area contributed by atoms with Crippen molar-refractivity contribution in [2.75, 3.05) is 18.8 Å². The lowest BCUT2D eigenvalue weighted by atomic mass is 10.1. The monoisotopic (exact) mass is 526 g/mol. The largest absolute Gasteiger partial charge is 0.444 e. The molecule has 1 aliphatic rings. The number of nitrogens with zero attached hydrogens (tertiary/aromatic N) is 6. The van der Waals surface area contributed by atoms with Gasteiger partial charge in [-0.2, -0.15) is 15.3 Å². The summed E-state index contributed by atoms with van der Waals surface area (Å²) in [5, 5.41) is 17.6. The number of hydrogen-bond acceptors (Lipinski definition) is 7. The highest BCUT2D eigenvalue weighted by Crippen LogP contribution is 2.34. The summed E-state index contributed by atoms with van der Waals surface area (Å²) in [6, 6.07) is 15.5. The Balaban J connectivity index is 1.37. The molecule has 0 unspecified atom stereocenters. The standard InChI is InChI=1S/C28H30N8O3/c1-28(2,3)39-27(38)34-14-6-8-20(16-34)36-24-22(25(29)30-31-26(24)37)23(33-36)17-10-12-19(13-11-17)35-15-18-7-4-5-9-21(18)32-35/h4-5,7,9-13,15,20H,6,8,14,16H2,1-3H3,(H2,29,30)(H,31,37)/t20-/m1/s1. The summed E-state index contributed by atoms with van der Waals surface area (Å²) in [6.45, 7) is 6.48. The van der Waals surface area contributed by atoms with Crippen LogP contribution in [0.4, 0.5) is 10.6 Å². The molecule has 200 valence electrons. The van der Waals surface area contributed by atoms with Crippen molar-refractivity contribution in [3.8, 4) is 16.9 Å². The highest BCUT2D eigenvalue weighted by Gasteiger charge is 2.31. The minimum atomic E-state index is -0.595. The Morgan fingerprint density at radius 2 is 1.87 bits per heavy atom. The van der Waals surface area contributed by atoms with Crippen LogP contribution in [0.15, 0.2) is 59.5 Å². The second-order valence-corrected chi connectivity index (χ2v) is 10.9. The molecule has 3 aromatic heterocycles. The first kappa shape index (κ1) is 24.7. The van der Waals surface area contributed by atoms with Crippen LogP contribution in [0, 0.1) is 0 Å². The normalized spacial score (nSPS) is 16.2. The van der Waals surface area contributed by atoms with Crippen molar-refractivity contribution in [3.05, 3.63) is 65.1 Å². The van der Waals surface area contributed by atoms with Crippen molar-refractivity contribution < 1.29 is 9.53 Å². The van der Waals surface area contributed by atoms with Crippen molar-refractivity contribution in [1.82, 2.24) is 34.7 Å².